The van der Waals surface area contributed by atoms with Gasteiger partial charge in [-0.1, -0.05) is 12.1 Å². The Bertz CT molecular complexity index is 647. The van der Waals surface area contributed by atoms with E-state index in [9.17, 15) is 9.59 Å². The van der Waals surface area contributed by atoms with Gasteiger partial charge >= 0.3 is 0 Å². The maximum atomic E-state index is 12.8. The third-order valence-corrected chi connectivity index (χ3v) is 4.94. The second-order valence-corrected chi connectivity index (χ2v) is 7.39. The Morgan fingerprint density at radius 1 is 1.35 bits per heavy atom. The van der Waals surface area contributed by atoms with E-state index in [1.807, 2.05) is 47.9 Å². The van der Waals surface area contributed by atoms with E-state index in [2.05, 4.69) is 5.32 Å². The fourth-order valence-electron chi connectivity index (χ4n) is 3.73. The molecule has 1 N–H and O–H groups in total. The smallest absolute Gasteiger partial charge is 0.236 e. The summed E-state index contributed by atoms with van der Waals surface area (Å²) in [7, 11) is 0. The standard InChI is InChI=1S/C20H29N3O3/c1-15(2)26-18-7-3-5-16(11-18)12-19(24)22-9-4-6-17(14-22)23-10-8-21-13-20(23)25/h3,5,7,11,15,17,21H,4,6,8-10,12-14H2,1-2H3. The number of carbonyl (C=O) groups excluding carboxylic acids is 2. The highest BCUT2D eigenvalue weighted by atomic mass is 16.5. The highest BCUT2D eigenvalue weighted by Gasteiger charge is 2.31. The van der Waals surface area contributed by atoms with Crippen molar-refractivity contribution in [1.82, 2.24) is 15.1 Å². The number of rotatable bonds is 5. The number of amides is 2. The lowest BCUT2D eigenvalue weighted by molar-refractivity contribution is -0.140. The van der Waals surface area contributed by atoms with Crippen molar-refractivity contribution in [2.75, 3.05) is 32.7 Å². The van der Waals surface area contributed by atoms with Crippen LogP contribution in [0.4, 0.5) is 0 Å². The Balaban J connectivity index is 1.60. The zero-order chi connectivity index (χ0) is 18.5. The van der Waals surface area contributed by atoms with Crippen molar-refractivity contribution >= 4 is 11.8 Å². The molecule has 2 aliphatic rings. The Labute approximate surface area is 155 Å². The van der Waals surface area contributed by atoms with Crippen LogP contribution in [0.2, 0.25) is 0 Å². The van der Waals surface area contributed by atoms with E-state index in [4.69, 9.17) is 4.74 Å². The fraction of sp³-hybridized carbons (Fsp3) is 0.600. The summed E-state index contributed by atoms with van der Waals surface area (Å²) >= 11 is 0. The molecule has 6 heteroatoms. The molecule has 142 valence electrons. The quantitative estimate of drug-likeness (QED) is 0.864. The first-order valence-electron chi connectivity index (χ1n) is 9.56. The number of ether oxygens (including phenoxy) is 1. The maximum Gasteiger partial charge on any atom is 0.236 e. The number of hydrogen-bond acceptors (Lipinski definition) is 4. The first-order chi connectivity index (χ1) is 12.5. The van der Waals surface area contributed by atoms with Crippen LogP contribution < -0.4 is 10.1 Å². The van der Waals surface area contributed by atoms with E-state index in [0.717, 1.165) is 43.8 Å². The molecule has 0 spiro atoms. The molecule has 0 radical (unpaired) electrons. The van der Waals surface area contributed by atoms with Crippen LogP contribution in [-0.2, 0) is 16.0 Å². The van der Waals surface area contributed by atoms with Crippen LogP contribution in [0.1, 0.15) is 32.3 Å². The molecular weight excluding hydrogens is 330 g/mol. The van der Waals surface area contributed by atoms with Crippen LogP contribution in [-0.4, -0.2) is 66.5 Å². The molecule has 0 aromatic heterocycles. The molecule has 1 aromatic rings. The summed E-state index contributed by atoms with van der Waals surface area (Å²) in [6, 6.07) is 7.91. The number of benzene rings is 1. The SMILES string of the molecule is CC(C)Oc1cccc(CC(=O)N2CCCC(N3CCNCC3=O)C2)c1. The third-order valence-electron chi connectivity index (χ3n) is 4.94. The highest BCUT2D eigenvalue weighted by Crippen LogP contribution is 2.20. The van der Waals surface area contributed by atoms with Crippen molar-refractivity contribution < 1.29 is 14.3 Å². The monoisotopic (exact) mass is 359 g/mol. The number of piperazine rings is 1. The Kier molecular flexibility index (Phi) is 6.14. The Hall–Kier alpha value is -2.08. The van der Waals surface area contributed by atoms with Gasteiger partial charge in [-0.3, -0.25) is 9.59 Å². The summed E-state index contributed by atoms with van der Waals surface area (Å²) in [6.07, 6.45) is 2.41. The Morgan fingerprint density at radius 3 is 2.96 bits per heavy atom. The van der Waals surface area contributed by atoms with Gasteiger partial charge < -0.3 is 19.9 Å². The molecule has 1 unspecified atom stereocenters. The van der Waals surface area contributed by atoms with Gasteiger partial charge in [0.15, 0.2) is 0 Å². The number of nitrogens with zero attached hydrogens (tertiary/aromatic N) is 2. The van der Waals surface area contributed by atoms with E-state index in [1.54, 1.807) is 0 Å². The van der Waals surface area contributed by atoms with E-state index < -0.39 is 0 Å². The minimum absolute atomic E-state index is 0.111. The van der Waals surface area contributed by atoms with Crippen LogP contribution in [0.3, 0.4) is 0 Å². The van der Waals surface area contributed by atoms with Crippen molar-refractivity contribution in [1.29, 1.82) is 0 Å². The molecule has 0 saturated carbocycles. The molecule has 0 bridgehead atoms. The first-order valence-corrected chi connectivity index (χ1v) is 9.56. The molecule has 2 saturated heterocycles. The number of hydrogen-bond donors (Lipinski definition) is 1. The van der Waals surface area contributed by atoms with Crippen molar-refractivity contribution in [2.45, 2.75) is 45.3 Å². The van der Waals surface area contributed by atoms with E-state index in [1.165, 1.54) is 0 Å². The number of piperidine rings is 1. The second kappa shape index (κ2) is 8.54. The van der Waals surface area contributed by atoms with Crippen molar-refractivity contribution in [2.24, 2.45) is 0 Å². The summed E-state index contributed by atoms with van der Waals surface area (Å²) in [5.41, 5.74) is 0.966. The van der Waals surface area contributed by atoms with E-state index >= 15 is 0 Å². The van der Waals surface area contributed by atoms with Crippen LogP contribution in [0, 0.1) is 0 Å². The average molecular weight is 359 g/mol. The fourth-order valence-corrected chi connectivity index (χ4v) is 3.73. The van der Waals surface area contributed by atoms with Crippen LogP contribution in [0.25, 0.3) is 0 Å². The van der Waals surface area contributed by atoms with E-state index in [0.29, 0.717) is 19.5 Å². The topological polar surface area (TPSA) is 61.9 Å². The van der Waals surface area contributed by atoms with Gasteiger partial charge in [-0.05, 0) is 44.4 Å². The summed E-state index contributed by atoms with van der Waals surface area (Å²) < 4.78 is 5.72. The van der Waals surface area contributed by atoms with Crippen LogP contribution >= 0.6 is 0 Å². The summed E-state index contributed by atoms with van der Waals surface area (Å²) in [5.74, 6) is 1.07. The van der Waals surface area contributed by atoms with E-state index in [-0.39, 0.29) is 24.0 Å². The summed E-state index contributed by atoms with van der Waals surface area (Å²) in [4.78, 5) is 28.8. The molecule has 1 atom stereocenters. The third kappa shape index (κ3) is 4.75. The van der Waals surface area contributed by atoms with Gasteiger partial charge in [0.1, 0.15) is 5.75 Å². The maximum absolute atomic E-state index is 12.8. The molecule has 26 heavy (non-hydrogen) atoms. The van der Waals surface area contributed by atoms with Crippen molar-refractivity contribution in [3.8, 4) is 5.75 Å². The predicted octanol–water partition coefficient (Wildman–Crippen LogP) is 1.44. The van der Waals surface area contributed by atoms with Gasteiger partial charge in [0.25, 0.3) is 0 Å². The normalized spacial score (nSPS) is 21.2. The molecule has 2 fully saturated rings. The molecule has 0 aliphatic carbocycles. The average Bonchev–Trinajstić information content (AvgIpc) is 2.62. The van der Waals surface area contributed by atoms with Gasteiger partial charge in [-0.25, -0.2) is 0 Å². The summed E-state index contributed by atoms with van der Waals surface area (Å²) in [5, 5.41) is 3.11. The highest BCUT2D eigenvalue weighted by molar-refractivity contribution is 5.80. The minimum atomic E-state index is 0.111. The number of likely N-dealkylation sites (tertiary alicyclic amines) is 1. The summed E-state index contributed by atoms with van der Waals surface area (Å²) in [6.45, 7) is 7.38. The van der Waals surface area contributed by atoms with Gasteiger partial charge in [0, 0.05) is 32.2 Å². The second-order valence-electron chi connectivity index (χ2n) is 7.39. The molecule has 2 heterocycles. The van der Waals surface area contributed by atoms with Gasteiger partial charge in [0.2, 0.25) is 11.8 Å². The molecular formula is C20H29N3O3. The molecule has 2 amide bonds. The number of carbonyl (C=O) groups is 2. The van der Waals surface area contributed by atoms with Gasteiger partial charge in [0.05, 0.1) is 19.1 Å². The number of nitrogens with one attached hydrogen (secondary N) is 1. The lowest BCUT2D eigenvalue weighted by Crippen LogP contribution is -2.57. The first kappa shape index (κ1) is 18.7. The molecule has 1 aromatic carbocycles. The minimum Gasteiger partial charge on any atom is -0.491 e. The van der Waals surface area contributed by atoms with Gasteiger partial charge in [-0.15, -0.1) is 0 Å². The van der Waals surface area contributed by atoms with Crippen molar-refractivity contribution in [3.63, 3.8) is 0 Å². The largest absolute Gasteiger partial charge is 0.491 e. The van der Waals surface area contributed by atoms with Crippen molar-refractivity contribution in [3.05, 3.63) is 29.8 Å². The zero-order valence-corrected chi connectivity index (χ0v) is 15.7. The molecule has 2 aliphatic heterocycles. The lowest BCUT2D eigenvalue weighted by atomic mass is 10.0. The molecule has 3 rings (SSSR count). The van der Waals surface area contributed by atoms with Crippen LogP contribution in [0.5, 0.6) is 5.75 Å². The lowest BCUT2D eigenvalue weighted by Gasteiger charge is -2.41. The molecule has 6 nitrogen and oxygen atoms in total. The van der Waals surface area contributed by atoms with Gasteiger partial charge in [-0.2, -0.15) is 0 Å². The van der Waals surface area contributed by atoms with Crippen LogP contribution in [0.15, 0.2) is 24.3 Å². The Morgan fingerprint density at radius 2 is 2.19 bits per heavy atom. The predicted molar refractivity (Wildman–Crippen MR) is 100 cm³/mol. The zero-order valence-electron chi connectivity index (χ0n) is 15.7.